The molecule has 0 saturated carbocycles. The fourth-order valence-corrected chi connectivity index (χ4v) is 2.32. The lowest BCUT2D eigenvalue weighted by Gasteiger charge is -2.21. The molecule has 0 radical (unpaired) electrons. The summed E-state index contributed by atoms with van der Waals surface area (Å²) >= 11 is 0. The Bertz CT molecular complexity index is 481. The molecule has 1 aromatic carbocycles. The van der Waals surface area contributed by atoms with Crippen LogP contribution in [0, 0.1) is 0 Å². The van der Waals surface area contributed by atoms with Gasteiger partial charge in [0.15, 0.2) is 0 Å². The van der Waals surface area contributed by atoms with Crippen molar-refractivity contribution in [2.24, 2.45) is 0 Å². The molecule has 5 heteroatoms. The van der Waals surface area contributed by atoms with Crippen LogP contribution in [-0.2, 0) is 4.79 Å². The first-order valence-electron chi connectivity index (χ1n) is 7.92. The number of carboxylic acids is 1. The van der Waals surface area contributed by atoms with Crippen LogP contribution >= 0.6 is 0 Å². The molecule has 5 nitrogen and oxygen atoms in total. The predicted molar refractivity (Wildman–Crippen MR) is 88.4 cm³/mol. The quantitative estimate of drug-likeness (QED) is 0.736. The minimum Gasteiger partial charge on any atom is -0.480 e. The largest absolute Gasteiger partial charge is 0.480 e. The molecular formula is C17H26N2O3. The van der Waals surface area contributed by atoms with Gasteiger partial charge in [-0.1, -0.05) is 19.8 Å². The maximum atomic E-state index is 12.2. The maximum Gasteiger partial charge on any atom is 0.326 e. The van der Waals surface area contributed by atoms with Gasteiger partial charge in [0.1, 0.15) is 6.04 Å². The van der Waals surface area contributed by atoms with Crippen molar-refractivity contribution in [2.75, 3.05) is 18.0 Å². The lowest BCUT2D eigenvalue weighted by atomic mass is 10.1. The number of nitrogens with zero attached hydrogens (tertiary/aromatic N) is 1. The first-order chi connectivity index (χ1) is 10.5. The monoisotopic (exact) mass is 306 g/mol. The van der Waals surface area contributed by atoms with Gasteiger partial charge in [0.05, 0.1) is 0 Å². The Labute approximate surface area is 132 Å². The third-order valence-corrected chi connectivity index (χ3v) is 3.71. The van der Waals surface area contributed by atoms with E-state index in [0.29, 0.717) is 12.0 Å². The molecule has 122 valence electrons. The molecule has 0 saturated heterocycles. The van der Waals surface area contributed by atoms with E-state index in [2.05, 4.69) is 24.1 Å². The van der Waals surface area contributed by atoms with Crippen LogP contribution in [0.25, 0.3) is 0 Å². The van der Waals surface area contributed by atoms with Gasteiger partial charge in [-0.05, 0) is 44.5 Å². The molecule has 0 aliphatic carbocycles. The standard InChI is InChI=1S/C17H26N2O3/c1-4-7-8-15(17(21)22)18-16(20)13-9-11-14(12-10-13)19(5-2)6-3/h9-12,15H,4-8H2,1-3H3,(H,18,20)(H,21,22)/t15-/m0/s1. The fourth-order valence-electron chi connectivity index (χ4n) is 2.32. The van der Waals surface area contributed by atoms with E-state index in [9.17, 15) is 9.59 Å². The molecule has 2 N–H and O–H groups in total. The molecule has 1 aromatic rings. The number of nitrogens with one attached hydrogen (secondary N) is 1. The number of carbonyl (C=O) groups excluding carboxylic acids is 1. The second-order valence-electron chi connectivity index (χ2n) is 5.23. The zero-order valence-electron chi connectivity index (χ0n) is 13.6. The Morgan fingerprint density at radius 3 is 2.18 bits per heavy atom. The average molecular weight is 306 g/mol. The lowest BCUT2D eigenvalue weighted by molar-refractivity contribution is -0.139. The van der Waals surface area contributed by atoms with Gasteiger partial charge in [-0.2, -0.15) is 0 Å². The molecule has 22 heavy (non-hydrogen) atoms. The smallest absolute Gasteiger partial charge is 0.326 e. The molecule has 1 atom stereocenters. The topological polar surface area (TPSA) is 69.6 Å². The second kappa shape index (κ2) is 9.07. The molecule has 0 fully saturated rings. The Hall–Kier alpha value is -2.04. The van der Waals surface area contributed by atoms with E-state index in [0.717, 1.165) is 31.6 Å². The molecule has 0 aromatic heterocycles. The Morgan fingerprint density at radius 1 is 1.14 bits per heavy atom. The van der Waals surface area contributed by atoms with E-state index in [4.69, 9.17) is 5.11 Å². The van der Waals surface area contributed by atoms with Gasteiger partial charge >= 0.3 is 5.97 Å². The normalized spacial score (nSPS) is 11.8. The third kappa shape index (κ3) is 5.06. The summed E-state index contributed by atoms with van der Waals surface area (Å²) in [5, 5.41) is 11.7. The molecule has 0 aliphatic heterocycles. The van der Waals surface area contributed by atoms with Crippen LogP contribution in [0.1, 0.15) is 50.4 Å². The zero-order valence-corrected chi connectivity index (χ0v) is 13.6. The van der Waals surface area contributed by atoms with Gasteiger partial charge in [0.2, 0.25) is 0 Å². The minimum absolute atomic E-state index is 0.338. The number of carbonyl (C=O) groups is 2. The molecule has 0 heterocycles. The highest BCUT2D eigenvalue weighted by Gasteiger charge is 2.20. The van der Waals surface area contributed by atoms with Gasteiger partial charge in [-0.3, -0.25) is 4.79 Å². The Morgan fingerprint density at radius 2 is 1.73 bits per heavy atom. The highest BCUT2D eigenvalue weighted by atomic mass is 16.4. The van der Waals surface area contributed by atoms with Crippen LogP contribution in [0.2, 0.25) is 0 Å². The van der Waals surface area contributed by atoms with Crippen LogP contribution in [0.15, 0.2) is 24.3 Å². The summed E-state index contributed by atoms with van der Waals surface area (Å²) in [6.07, 6.45) is 2.13. The van der Waals surface area contributed by atoms with E-state index < -0.39 is 12.0 Å². The molecular weight excluding hydrogens is 280 g/mol. The van der Waals surface area contributed by atoms with E-state index in [1.807, 2.05) is 19.1 Å². The molecule has 0 spiro atoms. The van der Waals surface area contributed by atoms with Crippen LogP contribution in [0.5, 0.6) is 0 Å². The highest BCUT2D eigenvalue weighted by molar-refractivity contribution is 5.96. The van der Waals surface area contributed by atoms with Crippen LogP contribution in [0.3, 0.4) is 0 Å². The summed E-state index contributed by atoms with van der Waals surface area (Å²) in [4.78, 5) is 25.5. The first-order valence-corrected chi connectivity index (χ1v) is 7.92. The summed E-state index contributed by atoms with van der Waals surface area (Å²) in [7, 11) is 0. The summed E-state index contributed by atoms with van der Waals surface area (Å²) in [5.41, 5.74) is 1.54. The van der Waals surface area contributed by atoms with Crippen molar-refractivity contribution in [3.8, 4) is 0 Å². The number of amides is 1. The van der Waals surface area contributed by atoms with E-state index in [1.165, 1.54) is 0 Å². The Kier molecular flexibility index (Phi) is 7.43. The Balaban J connectivity index is 2.74. The molecule has 1 rings (SSSR count). The minimum atomic E-state index is -0.985. The summed E-state index contributed by atoms with van der Waals surface area (Å²) < 4.78 is 0. The SMILES string of the molecule is CCCC[C@H](NC(=O)c1ccc(N(CC)CC)cc1)C(=O)O. The van der Waals surface area contributed by atoms with Crippen molar-refractivity contribution in [1.82, 2.24) is 5.32 Å². The number of anilines is 1. The van der Waals surface area contributed by atoms with Gasteiger partial charge in [0.25, 0.3) is 5.91 Å². The van der Waals surface area contributed by atoms with Crippen molar-refractivity contribution in [2.45, 2.75) is 46.1 Å². The number of rotatable bonds is 9. The van der Waals surface area contributed by atoms with Crippen LogP contribution in [-0.4, -0.2) is 36.1 Å². The van der Waals surface area contributed by atoms with Gasteiger partial charge < -0.3 is 15.3 Å². The molecule has 0 unspecified atom stereocenters. The number of carboxylic acid groups (broad SMARTS) is 1. The second-order valence-corrected chi connectivity index (χ2v) is 5.23. The van der Waals surface area contributed by atoms with Crippen molar-refractivity contribution < 1.29 is 14.7 Å². The molecule has 1 amide bonds. The highest BCUT2D eigenvalue weighted by Crippen LogP contribution is 2.15. The average Bonchev–Trinajstić information content (AvgIpc) is 2.52. The third-order valence-electron chi connectivity index (χ3n) is 3.71. The van der Waals surface area contributed by atoms with E-state index >= 15 is 0 Å². The first kappa shape index (κ1) is 18.0. The summed E-state index contributed by atoms with van der Waals surface area (Å²) in [5.74, 6) is -1.32. The summed E-state index contributed by atoms with van der Waals surface area (Å²) in [6, 6.07) is 6.44. The number of hydrogen-bond donors (Lipinski definition) is 2. The fraction of sp³-hybridized carbons (Fsp3) is 0.529. The molecule has 0 bridgehead atoms. The van der Waals surface area contributed by atoms with Gasteiger partial charge in [0, 0.05) is 24.3 Å². The molecule has 0 aliphatic rings. The van der Waals surface area contributed by atoms with Gasteiger partial charge in [-0.25, -0.2) is 4.79 Å². The predicted octanol–water partition coefficient (Wildman–Crippen LogP) is 2.91. The zero-order chi connectivity index (χ0) is 16.5. The van der Waals surface area contributed by atoms with Crippen molar-refractivity contribution >= 4 is 17.6 Å². The van der Waals surface area contributed by atoms with Gasteiger partial charge in [-0.15, -0.1) is 0 Å². The van der Waals surface area contributed by atoms with Crippen molar-refractivity contribution in [3.05, 3.63) is 29.8 Å². The van der Waals surface area contributed by atoms with Crippen molar-refractivity contribution in [1.29, 1.82) is 0 Å². The number of unbranched alkanes of at least 4 members (excludes halogenated alkanes) is 1. The van der Waals surface area contributed by atoms with Crippen LogP contribution < -0.4 is 10.2 Å². The number of hydrogen-bond acceptors (Lipinski definition) is 3. The van der Waals surface area contributed by atoms with E-state index in [1.54, 1.807) is 12.1 Å². The van der Waals surface area contributed by atoms with E-state index in [-0.39, 0.29) is 5.91 Å². The van der Waals surface area contributed by atoms with Crippen molar-refractivity contribution in [3.63, 3.8) is 0 Å². The summed E-state index contributed by atoms with van der Waals surface area (Å²) in [6.45, 7) is 7.96. The lowest BCUT2D eigenvalue weighted by Crippen LogP contribution is -2.40. The maximum absolute atomic E-state index is 12.2. The number of aliphatic carboxylic acids is 1. The van der Waals surface area contributed by atoms with Crippen LogP contribution in [0.4, 0.5) is 5.69 Å². The number of benzene rings is 1.